The zero-order valence-corrected chi connectivity index (χ0v) is 9.86. The molecule has 98 valence electrons. The van der Waals surface area contributed by atoms with Crippen LogP contribution < -0.4 is 5.32 Å². The van der Waals surface area contributed by atoms with E-state index in [1.807, 2.05) is 0 Å². The van der Waals surface area contributed by atoms with Crippen LogP contribution in [0.1, 0.15) is 15.9 Å². The monoisotopic (exact) mass is 263 g/mol. The van der Waals surface area contributed by atoms with E-state index < -0.39 is 17.5 Å². The summed E-state index contributed by atoms with van der Waals surface area (Å²) in [7, 11) is 0. The van der Waals surface area contributed by atoms with Gasteiger partial charge in [0.25, 0.3) is 5.91 Å². The quantitative estimate of drug-likeness (QED) is 0.894. The first-order chi connectivity index (χ1) is 9.10. The van der Waals surface area contributed by atoms with Crippen LogP contribution in [0.3, 0.4) is 0 Å². The predicted molar refractivity (Wildman–Crippen MR) is 66.7 cm³/mol. The van der Waals surface area contributed by atoms with Crippen LogP contribution >= 0.6 is 0 Å². The third-order valence-corrected chi connectivity index (χ3v) is 2.54. The van der Waals surface area contributed by atoms with Gasteiger partial charge in [-0.05, 0) is 35.9 Å². The van der Waals surface area contributed by atoms with E-state index in [2.05, 4.69) is 5.32 Å². The summed E-state index contributed by atoms with van der Waals surface area (Å²) in [5.41, 5.74) is 0.645. The fraction of sp³-hybridized carbons (Fsp3) is 0.0714. The third-order valence-electron chi connectivity index (χ3n) is 2.54. The average Bonchev–Trinajstić information content (AvgIpc) is 2.41. The van der Waals surface area contributed by atoms with Crippen LogP contribution in [0.4, 0.5) is 14.5 Å². The molecule has 5 heteroatoms. The topological polar surface area (TPSA) is 49.3 Å². The minimum Gasteiger partial charge on any atom is -0.392 e. The third kappa shape index (κ3) is 3.14. The van der Waals surface area contributed by atoms with Gasteiger partial charge >= 0.3 is 0 Å². The molecule has 2 N–H and O–H groups in total. The second-order valence-corrected chi connectivity index (χ2v) is 3.94. The Kier molecular flexibility index (Phi) is 3.87. The summed E-state index contributed by atoms with van der Waals surface area (Å²) in [5.74, 6) is -2.22. The molecule has 0 unspecified atom stereocenters. The van der Waals surface area contributed by atoms with Crippen LogP contribution in [0.5, 0.6) is 0 Å². The van der Waals surface area contributed by atoms with Gasteiger partial charge in [-0.1, -0.05) is 12.1 Å². The molecule has 0 radical (unpaired) electrons. The molecular weight excluding hydrogens is 252 g/mol. The SMILES string of the molecule is O=C(Nc1cccc(CO)c1)c1cc(F)ccc1F. The highest BCUT2D eigenvalue weighted by molar-refractivity contribution is 6.04. The number of amides is 1. The molecule has 0 fully saturated rings. The number of carbonyl (C=O) groups is 1. The fourth-order valence-electron chi connectivity index (χ4n) is 1.62. The summed E-state index contributed by atoms with van der Waals surface area (Å²) in [6, 6.07) is 9.14. The largest absolute Gasteiger partial charge is 0.392 e. The highest BCUT2D eigenvalue weighted by Gasteiger charge is 2.13. The maximum atomic E-state index is 13.4. The van der Waals surface area contributed by atoms with Gasteiger partial charge in [0, 0.05) is 5.69 Å². The molecule has 3 nitrogen and oxygen atoms in total. The normalized spacial score (nSPS) is 10.3. The summed E-state index contributed by atoms with van der Waals surface area (Å²) in [6.07, 6.45) is 0. The Labute approximate surface area is 108 Å². The van der Waals surface area contributed by atoms with Crippen molar-refractivity contribution in [3.05, 3.63) is 65.2 Å². The van der Waals surface area contributed by atoms with E-state index in [0.29, 0.717) is 11.3 Å². The van der Waals surface area contributed by atoms with Crippen molar-refractivity contribution in [2.75, 3.05) is 5.32 Å². The smallest absolute Gasteiger partial charge is 0.258 e. The molecule has 0 aliphatic carbocycles. The maximum absolute atomic E-state index is 13.4. The lowest BCUT2D eigenvalue weighted by atomic mass is 10.1. The molecule has 0 atom stereocenters. The Bertz CT molecular complexity index is 614. The van der Waals surface area contributed by atoms with E-state index in [1.165, 1.54) is 0 Å². The van der Waals surface area contributed by atoms with Gasteiger partial charge in [0.05, 0.1) is 12.2 Å². The number of benzene rings is 2. The Morgan fingerprint density at radius 1 is 1.16 bits per heavy atom. The van der Waals surface area contributed by atoms with E-state index in [4.69, 9.17) is 5.11 Å². The van der Waals surface area contributed by atoms with E-state index in [-0.39, 0.29) is 12.2 Å². The van der Waals surface area contributed by atoms with Crippen LogP contribution in [0.15, 0.2) is 42.5 Å². The number of nitrogens with one attached hydrogen (secondary N) is 1. The highest BCUT2D eigenvalue weighted by Crippen LogP contribution is 2.15. The first-order valence-electron chi connectivity index (χ1n) is 5.56. The zero-order chi connectivity index (χ0) is 13.8. The van der Waals surface area contributed by atoms with Crippen LogP contribution in [0, 0.1) is 11.6 Å². The van der Waals surface area contributed by atoms with Gasteiger partial charge in [-0.15, -0.1) is 0 Å². The number of anilines is 1. The van der Waals surface area contributed by atoms with Crippen molar-refractivity contribution in [1.29, 1.82) is 0 Å². The molecule has 0 bridgehead atoms. The number of halogens is 2. The lowest BCUT2D eigenvalue weighted by molar-refractivity contribution is 0.102. The molecule has 0 saturated carbocycles. The van der Waals surface area contributed by atoms with Crippen molar-refractivity contribution in [3.8, 4) is 0 Å². The number of hydrogen-bond acceptors (Lipinski definition) is 2. The van der Waals surface area contributed by atoms with E-state index in [0.717, 1.165) is 18.2 Å². The second kappa shape index (κ2) is 5.58. The van der Waals surface area contributed by atoms with E-state index in [9.17, 15) is 13.6 Å². The Hall–Kier alpha value is -2.27. The van der Waals surface area contributed by atoms with Crippen molar-refractivity contribution in [2.24, 2.45) is 0 Å². The van der Waals surface area contributed by atoms with Crippen molar-refractivity contribution in [3.63, 3.8) is 0 Å². The van der Waals surface area contributed by atoms with Crippen LogP contribution in [0.25, 0.3) is 0 Å². The Balaban J connectivity index is 2.23. The number of hydrogen-bond donors (Lipinski definition) is 2. The molecule has 2 aromatic rings. The van der Waals surface area contributed by atoms with Crippen LogP contribution in [0.2, 0.25) is 0 Å². The van der Waals surface area contributed by atoms with Gasteiger partial charge in [0.15, 0.2) is 0 Å². The van der Waals surface area contributed by atoms with Crippen LogP contribution in [-0.2, 0) is 6.61 Å². The molecule has 19 heavy (non-hydrogen) atoms. The minimum atomic E-state index is -0.794. The molecule has 0 aliphatic heterocycles. The lowest BCUT2D eigenvalue weighted by Crippen LogP contribution is -2.14. The number of aliphatic hydroxyl groups is 1. The van der Waals surface area contributed by atoms with Crippen molar-refractivity contribution < 1.29 is 18.7 Å². The van der Waals surface area contributed by atoms with Crippen LogP contribution in [-0.4, -0.2) is 11.0 Å². The minimum absolute atomic E-state index is 0.169. The summed E-state index contributed by atoms with van der Waals surface area (Å²) in [4.78, 5) is 11.8. The Morgan fingerprint density at radius 3 is 2.68 bits per heavy atom. The standard InChI is InChI=1S/C14H11F2NO2/c15-10-4-5-13(16)12(7-10)14(19)17-11-3-1-2-9(6-11)8-18/h1-7,18H,8H2,(H,17,19). The molecule has 0 aliphatic rings. The zero-order valence-electron chi connectivity index (χ0n) is 9.86. The Morgan fingerprint density at radius 2 is 1.95 bits per heavy atom. The lowest BCUT2D eigenvalue weighted by Gasteiger charge is -2.07. The van der Waals surface area contributed by atoms with Gasteiger partial charge in [-0.25, -0.2) is 8.78 Å². The van der Waals surface area contributed by atoms with Crippen molar-refractivity contribution >= 4 is 11.6 Å². The molecule has 1 amide bonds. The molecule has 0 heterocycles. The molecular formula is C14H11F2NO2. The maximum Gasteiger partial charge on any atom is 0.258 e. The van der Waals surface area contributed by atoms with Gasteiger partial charge in [0.1, 0.15) is 11.6 Å². The molecule has 0 saturated heterocycles. The summed E-state index contributed by atoms with van der Waals surface area (Å²) in [5, 5.41) is 11.4. The fourth-order valence-corrected chi connectivity index (χ4v) is 1.62. The summed E-state index contributed by atoms with van der Waals surface area (Å²) in [6.45, 7) is -0.169. The van der Waals surface area contributed by atoms with Gasteiger partial charge in [0.2, 0.25) is 0 Å². The van der Waals surface area contributed by atoms with Gasteiger partial charge < -0.3 is 10.4 Å². The number of rotatable bonds is 3. The first kappa shape index (κ1) is 13.2. The summed E-state index contributed by atoms with van der Waals surface area (Å²) < 4.78 is 26.4. The van der Waals surface area contributed by atoms with Gasteiger partial charge in [-0.2, -0.15) is 0 Å². The average molecular weight is 263 g/mol. The molecule has 0 aromatic heterocycles. The predicted octanol–water partition coefficient (Wildman–Crippen LogP) is 2.71. The van der Waals surface area contributed by atoms with E-state index >= 15 is 0 Å². The summed E-state index contributed by atoms with van der Waals surface area (Å²) >= 11 is 0. The first-order valence-corrected chi connectivity index (χ1v) is 5.56. The number of aliphatic hydroxyl groups excluding tert-OH is 1. The van der Waals surface area contributed by atoms with Crippen molar-refractivity contribution in [2.45, 2.75) is 6.61 Å². The molecule has 0 spiro atoms. The second-order valence-electron chi connectivity index (χ2n) is 3.94. The van der Waals surface area contributed by atoms with Gasteiger partial charge in [-0.3, -0.25) is 4.79 Å². The molecule has 2 aromatic carbocycles. The molecule has 2 rings (SSSR count). The number of carbonyl (C=O) groups excluding carboxylic acids is 1. The highest BCUT2D eigenvalue weighted by atomic mass is 19.1. The van der Waals surface area contributed by atoms with Crippen molar-refractivity contribution in [1.82, 2.24) is 0 Å². The van der Waals surface area contributed by atoms with E-state index in [1.54, 1.807) is 24.3 Å².